The second-order valence-corrected chi connectivity index (χ2v) is 6.17. The van der Waals surface area contributed by atoms with Gasteiger partial charge >= 0.3 is 0 Å². The Morgan fingerprint density at radius 1 is 1.11 bits per heavy atom. The smallest absolute Gasteiger partial charge is 0.0842 e. The largest absolute Gasteiger partial charge is 0.388 e. The van der Waals surface area contributed by atoms with Crippen molar-refractivity contribution in [2.24, 2.45) is 0 Å². The van der Waals surface area contributed by atoms with Gasteiger partial charge < -0.3 is 5.11 Å². The normalized spacial score (nSPS) is 12.5. The van der Waals surface area contributed by atoms with Crippen molar-refractivity contribution in [2.75, 3.05) is 0 Å². The number of aliphatic hydroxyl groups excluding tert-OH is 1. The van der Waals surface area contributed by atoms with Crippen LogP contribution in [0.5, 0.6) is 0 Å². The van der Waals surface area contributed by atoms with Crippen LogP contribution in [0, 0.1) is 0 Å². The average molecular weight is 380 g/mol. The standard InChI is InChI=1S/C14H10BrCl3O/c15-11-5-4-9(16)7-10(11)13(19)6-8-2-1-3-12(17)14(8)18/h1-5,7,13,19H,6H2. The minimum Gasteiger partial charge on any atom is -0.388 e. The molecule has 0 radical (unpaired) electrons. The predicted octanol–water partition coefficient (Wildman–Crippen LogP) is 5.69. The molecule has 0 spiro atoms. The Hall–Kier alpha value is -0.250. The summed E-state index contributed by atoms with van der Waals surface area (Å²) in [6.07, 6.45) is -0.331. The van der Waals surface area contributed by atoms with Crippen LogP contribution in [0.3, 0.4) is 0 Å². The van der Waals surface area contributed by atoms with Crippen LogP contribution in [-0.4, -0.2) is 5.11 Å². The molecule has 0 aromatic heterocycles. The highest BCUT2D eigenvalue weighted by Crippen LogP contribution is 2.32. The van der Waals surface area contributed by atoms with Gasteiger partial charge in [0.05, 0.1) is 16.1 Å². The van der Waals surface area contributed by atoms with Crippen molar-refractivity contribution in [3.8, 4) is 0 Å². The Bertz CT molecular complexity index is 601. The van der Waals surface area contributed by atoms with Gasteiger partial charge in [0.25, 0.3) is 0 Å². The third kappa shape index (κ3) is 3.65. The van der Waals surface area contributed by atoms with E-state index in [0.717, 1.165) is 15.6 Å². The van der Waals surface area contributed by atoms with Gasteiger partial charge in [-0.05, 0) is 35.4 Å². The molecule has 2 aromatic carbocycles. The number of halogens is 4. The summed E-state index contributed by atoms with van der Waals surface area (Å²) >= 11 is 21.4. The monoisotopic (exact) mass is 378 g/mol. The van der Waals surface area contributed by atoms with Gasteiger partial charge in [0.2, 0.25) is 0 Å². The Kier molecular flexibility index (Phi) is 5.15. The zero-order valence-electron chi connectivity index (χ0n) is 9.71. The van der Waals surface area contributed by atoms with E-state index in [1.807, 2.05) is 12.1 Å². The fraction of sp³-hybridized carbons (Fsp3) is 0.143. The van der Waals surface area contributed by atoms with Gasteiger partial charge in [-0.1, -0.05) is 62.9 Å². The lowest BCUT2D eigenvalue weighted by Crippen LogP contribution is -2.03. The number of aliphatic hydroxyl groups is 1. The first-order valence-corrected chi connectivity index (χ1v) is 7.47. The first kappa shape index (κ1) is 15.1. The summed E-state index contributed by atoms with van der Waals surface area (Å²) < 4.78 is 0.808. The first-order chi connectivity index (χ1) is 8.99. The van der Waals surface area contributed by atoms with Gasteiger partial charge in [0, 0.05) is 15.9 Å². The van der Waals surface area contributed by atoms with Gasteiger partial charge in [-0.3, -0.25) is 0 Å². The third-order valence-electron chi connectivity index (χ3n) is 2.76. The van der Waals surface area contributed by atoms with E-state index in [1.165, 1.54) is 0 Å². The fourth-order valence-electron chi connectivity index (χ4n) is 1.79. The zero-order valence-corrected chi connectivity index (χ0v) is 13.6. The molecule has 1 nitrogen and oxygen atoms in total. The molecular formula is C14H10BrCl3O. The lowest BCUT2D eigenvalue weighted by atomic mass is 10.0. The van der Waals surface area contributed by atoms with Crippen molar-refractivity contribution in [3.05, 3.63) is 67.1 Å². The second-order valence-electron chi connectivity index (χ2n) is 4.10. The number of benzene rings is 2. The average Bonchev–Trinajstić information content (AvgIpc) is 2.38. The highest BCUT2D eigenvalue weighted by atomic mass is 79.9. The van der Waals surface area contributed by atoms with E-state index >= 15 is 0 Å². The highest BCUT2D eigenvalue weighted by Gasteiger charge is 2.15. The van der Waals surface area contributed by atoms with Crippen LogP contribution in [0.15, 0.2) is 40.9 Å². The lowest BCUT2D eigenvalue weighted by molar-refractivity contribution is 0.177. The van der Waals surface area contributed by atoms with E-state index in [0.29, 0.717) is 21.5 Å². The topological polar surface area (TPSA) is 20.2 Å². The maximum Gasteiger partial charge on any atom is 0.0842 e. The van der Waals surface area contributed by atoms with E-state index in [-0.39, 0.29) is 0 Å². The summed E-state index contributed by atoms with van der Waals surface area (Å²) in [5.74, 6) is 0. The molecule has 0 bridgehead atoms. The quantitative estimate of drug-likeness (QED) is 0.726. The minimum atomic E-state index is -0.705. The second kappa shape index (κ2) is 6.47. The van der Waals surface area contributed by atoms with Crippen molar-refractivity contribution < 1.29 is 5.11 Å². The molecule has 0 saturated carbocycles. The summed E-state index contributed by atoms with van der Waals surface area (Å²) in [4.78, 5) is 0. The summed E-state index contributed by atoms with van der Waals surface area (Å²) in [5.41, 5.74) is 1.53. The van der Waals surface area contributed by atoms with E-state index in [9.17, 15) is 5.11 Å². The van der Waals surface area contributed by atoms with Crippen LogP contribution in [-0.2, 0) is 6.42 Å². The zero-order chi connectivity index (χ0) is 14.0. The van der Waals surface area contributed by atoms with Crippen LogP contribution >= 0.6 is 50.7 Å². The van der Waals surface area contributed by atoms with E-state index in [2.05, 4.69) is 15.9 Å². The molecule has 0 aliphatic rings. The van der Waals surface area contributed by atoms with E-state index in [1.54, 1.807) is 24.3 Å². The maximum atomic E-state index is 10.3. The van der Waals surface area contributed by atoms with Gasteiger partial charge in [0.15, 0.2) is 0 Å². The summed E-state index contributed by atoms with van der Waals surface area (Å²) in [6.45, 7) is 0. The van der Waals surface area contributed by atoms with Crippen molar-refractivity contribution in [1.82, 2.24) is 0 Å². The Morgan fingerprint density at radius 3 is 2.58 bits per heavy atom. The summed E-state index contributed by atoms with van der Waals surface area (Å²) in [7, 11) is 0. The SMILES string of the molecule is OC(Cc1cccc(Cl)c1Cl)c1cc(Cl)ccc1Br. The molecule has 0 amide bonds. The van der Waals surface area contributed by atoms with Crippen LogP contribution in [0.2, 0.25) is 15.1 Å². The van der Waals surface area contributed by atoms with Crippen LogP contribution in [0.1, 0.15) is 17.2 Å². The first-order valence-electron chi connectivity index (χ1n) is 5.55. The molecule has 2 rings (SSSR count). The predicted molar refractivity (Wildman–Crippen MR) is 84.3 cm³/mol. The molecule has 19 heavy (non-hydrogen) atoms. The Labute approximate surface area is 135 Å². The molecule has 1 unspecified atom stereocenters. The molecule has 0 fully saturated rings. The molecule has 100 valence electrons. The van der Waals surface area contributed by atoms with Crippen LogP contribution < -0.4 is 0 Å². The maximum absolute atomic E-state index is 10.3. The van der Waals surface area contributed by atoms with Gasteiger partial charge in [0.1, 0.15) is 0 Å². The lowest BCUT2D eigenvalue weighted by Gasteiger charge is -2.14. The summed E-state index contributed by atoms with van der Waals surface area (Å²) in [6, 6.07) is 10.7. The van der Waals surface area contributed by atoms with Crippen molar-refractivity contribution in [3.63, 3.8) is 0 Å². The molecule has 5 heteroatoms. The van der Waals surface area contributed by atoms with Crippen LogP contribution in [0.25, 0.3) is 0 Å². The number of rotatable bonds is 3. The molecule has 2 aromatic rings. The molecular weight excluding hydrogens is 370 g/mol. The Morgan fingerprint density at radius 2 is 1.84 bits per heavy atom. The van der Waals surface area contributed by atoms with Gasteiger partial charge in [-0.25, -0.2) is 0 Å². The van der Waals surface area contributed by atoms with Crippen molar-refractivity contribution in [2.45, 2.75) is 12.5 Å². The van der Waals surface area contributed by atoms with Crippen LogP contribution in [0.4, 0.5) is 0 Å². The van der Waals surface area contributed by atoms with E-state index in [4.69, 9.17) is 34.8 Å². The summed E-state index contributed by atoms with van der Waals surface area (Å²) in [5, 5.41) is 11.8. The van der Waals surface area contributed by atoms with Gasteiger partial charge in [-0.15, -0.1) is 0 Å². The van der Waals surface area contributed by atoms with Gasteiger partial charge in [-0.2, -0.15) is 0 Å². The minimum absolute atomic E-state index is 0.373. The molecule has 1 atom stereocenters. The number of hydrogen-bond donors (Lipinski definition) is 1. The molecule has 1 N–H and O–H groups in total. The number of hydrogen-bond acceptors (Lipinski definition) is 1. The Balaban J connectivity index is 2.28. The highest BCUT2D eigenvalue weighted by molar-refractivity contribution is 9.10. The van der Waals surface area contributed by atoms with E-state index < -0.39 is 6.10 Å². The fourth-order valence-corrected chi connectivity index (χ4v) is 2.88. The molecule has 0 saturated heterocycles. The molecule has 0 heterocycles. The van der Waals surface area contributed by atoms with Crippen molar-refractivity contribution >= 4 is 50.7 Å². The molecule has 0 aliphatic heterocycles. The third-order valence-corrected chi connectivity index (χ3v) is 4.58. The molecule has 0 aliphatic carbocycles. The van der Waals surface area contributed by atoms with Crippen molar-refractivity contribution in [1.29, 1.82) is 0 Å².